The van der Waals surface area contributed by atoms with Crippen LogP contribution in [0.4, 0.5) is 0 Å². The summed E-state index contributed by atoms with van der Waals surface area (Å²) in [5.74, 6) is 0.454. The van der Waals surface area contributed by atoms with Crippen LogP contribution < -0.4 is 5.73 Å². The largest absolute Gasteiger partial charge is 0.396 e. The van der Waals surface area contributed by atoms with Crippen molar-refractivity contribution in [3.05, 3.63) is 35.4 Å². The van der Waals surface area contributed by atoms with Crippen molar-refractivity contribution in [3.63, 3.8) is 0 Å². The van der Waals surface area contributed by atoms with Crippen molar-refractivity contribution < 1.29 is 9.90 Å². The molecule has 1 amide bonds. The van der Waals surface area contributed by atoms with Crippen LogP contribution in [0, 0.1) is 11.3 Å². The number of likely N-dealkylation sites (tertiary alicyclic amines) is 2. The van der Waals surface area contributed by atoms with Crippen LogP contribution in [-0.2, 0) is 17.8 Å². The average molecular weight is 444 g/mol. The molecule has 0 spiro atoms. The van der Waals surface area contributed by atoms with Crippen molar-refractivity contribution in [2.45, 2.75) is 51.1 Å². The molecule has 3 N–H and O–H groups in total. The average Bonchev–Trinajstić information content (AvgIpc) is 3.34. The summed E-state index contributed by atoms with van der Waals surface area (Å²) in [6.45, 7) is 6.46. The minimum Gasteiger partial charge on any atom is -0.396 e. The first-order valence-corrected chi connectivity index (χ1v) is 10.5. The normalized spacial score (nSPS) is 28.0. The predicted octanol–water partition coefficient (Wildman–Crippen LogP) is 2.62. The van der Waals surface area contributed by atoms with Crippen LogP contribution in [0.5, 0.6) is 0 Å². The molecule has 1 aromatic rings. The first-order valence-electron chi connectivity index (χ1n) is 10.5. The van der Waals surface area contributed by atoms with Gasteiger partial charge >= 0.3 is 0 Å². The highest BCUT2D eigenvalue weighted by molar-refractivity contribution is 5.87. The molecule has 3 fully saturated rings. The van der Waals surface area contributed by atoms with E-state index in [-0.39, 0.29) is 42.7 Å². The first-order chi connectivity index (χ1) is 13.0. The van der Waals surface area contributed by atoms with Crippen LogP contribution in [0.3, 0.4) is 0 Å². The lowest BCUT2D eigenvalue weighted by Crippen LogP contribution is -2.54. The maximum Gasteiger partial charge on any atom is 0.242 e. The summed E-state index contributed by atoms with van der Waals surface area (Å²) in [4.78, 5) is 17.4. The molecule has 164 valence electrons. The number of benzene rings is 1. The van der Waals surface area contributed by atoms with Crippen molar-refractivity contribution in [1.82, 2.24) is 9.80 Å². The van der Waals surface area contributed by atoms with Crippen LogP contribution in [0.2, 0.25) is 0 Å². The molecule has 2 unspecified atom stereocenters. The third kappa shape index (κ3) is 4.45. The van der Waals surface area contributed by atoms with Crippen LogP contribution in [0.1, 0.15) is 43.7 Å². The zero-order chi connectivity index (χ0) is 19.1. The predicted molar refractivity (Wildman–Crippen MR) is 121 cm³/mol. The summed E-state index contributed by atoms with van der Waals surface area (Å²) in [7, 11) is 0. The van der Waals surface area contributed by atoms with Crippen molar-refractivity contribution in [3.8, 4) is 0 Å². The van der Waals surface area contributed by atoms with Gasteiger partial charge in [-0.25, -0.2) is 0 Å². The van der Waals surface area contributed by atoms with Gasteiger partial charge in [-0.15, -0.1) is 24.8 Å². The Balaban J connectivity index is 0.00000150. The van der Waals surface area contributed by atoms with E-state index in [0.29, 0.717) is 12.5 Å². The van der Waals surface area contributed by atoms with Gasteiger partial charge in [0.25, 0.3) is 0 Å². The van der Waals surface area contributed by atoms with Gasteiger partial charge in [0.2, 0.25) is 5.91 Å². The highest BCUT2D eigenvalue weighted by atomic mass is 35.5. The summed E-state index contributed by atoms with van der Waals surface area (Å²) in [5.41, 5.74) is 8.35. The highest BCUT2D eigenvalue weighted by Crippen LogP contribution is 2.44. The molecule has 2 heterocycles. The Bertz CT molecular complexity index is 711. The standard InChI is InChI=1S/C22H33N3O2.2ClH/c1-2-17-7-3-4-8-18(17)11-24-12-19-13-25(15-21(19,14-24)16-26)20(27)22(23)9-5-6-10-22;;/h3-4,7-8,19,26H,2,5-6,9-16,23H2,1H3;2*1H. The molecular formula is C22H35Cl2N3O2. The Kier molecular flexibility index (Phi) is 8.02. The SMILES string of the molecule is CCc1ccccc1CN1CC2CN(C(=O)C3(N)CCCC3)CC2(CO)C1.Cl.Cl. The third-order valence-corrected chi connectivity index (χ3v) is 7.25. The number of nitrogens with zero attached hydrogens (tertiary/aromatic N) is 2. The summed E-state index contributed by atoms with van der Waals surface area (Å²) >= 11 is 0. The molecule has 2 aliphatic heterocycles. The molecule has 4 rings (SSSR count). The summed E-state index contributed by atoms with van der Waals surface area (Å²) < 4.78 is 0. The zero-order valence-electron chi connectivity index (χ0n) is 17.3. The van der Waals surface area contributed by atoms with E-state index in [2.05, 4.69) is 36.1 Å². The Morgan fingerprint density at radius 3 is 2.38 bits per heavy atom. The monoisotopic (exact) mass is 443 g/mol. The fourth-order valence-corrected chi connectivity index (χ4v) is 5.62. The van der Waals surface area contributed by atoms with E-state index in [1.807, 2.05) is 4.90 Å². The number of halogens is 2. The Labute approximate surface area is 186 Å². The maximum atomic E-state index is 13.0. The van der Waals surface area contributed by atoms with E-state index in [0.717, 1.165) is 58.3 Å². The summed E-state index contributed by atoms with van der Waals surface area (Å²) in [5, 5.41) is 10.2. The Morgan fingerprint density at radius 2 is 1.79 bits per heavy atom. The van der Waals surface area contributed by atoms with E-state index in [1.54, 1.807) is 0 Å². The van der Waals surface area contributed by atoms with Gasteiger partial charge in [0.15, 0.2) is 0 Å². The molecule has 1 aromatic carbocycles. The van der Waals surface area contributed by atoms with Crippen LogP contribution in [0.15, 0.2) is 24.3 Å². The quantitative estimate of drug-likeness (QED) is 0.733. The van der Waals surface area contributed by atoms with Gasteiger partial charge in [-0.1, -0.05) is 44.0 Å². The van der Waals surface area contributed by atoms with Gasteiger partial charge in [-0.3, -0.25) is 9.69 Å². The summed E-state index contributed by atoms with van der Waals surface area (Å²) in [6, 6.07) is 8.63. The van der Waals surface area contributed by atoms with Crippen LogP contribution in [0.25, 0.3) is 0 Å². The van der Waals surface area contributed by atoms with Gasteiger partial charge in [0, 0.05) is 38.1 Å². The number of nitrogens with two attached hydrogens (primary N) is 1. The minimum atomic E-state index is -0.658. The Hall–Kier alpha value is -0.850. The topological polar surface area (TPSA) is 69.8 Å². The van der Waals surface area contributed by atoms with Gasteiger partial charge in [-0.05, 0) is 36.3 Å². The second kappa shape index (κ2) is 9.52. The van der Waals surface area contributed by atoms with Gasteiger partial charge in [-0.2, -0.15) is 0 Å². The molecule has 2 atom stereocenters. The molecule has 2 saturated heterocycles. The minimum absolute atomic E-state index is 0. The smallest absolute Gasteiger partial charge is 0.242 e. The van der Waals surface area contributed by atoms with E-state index < -0.39 is 5.54 Å². The lowest BCUT2D eigenvalue weighted by molar-refractivity contribution is -0.136. The van der Waals surface area contributed by atoms with E-state index in [4.69, 9.17) is 5.73 Å². The lowest BCUT2D eigenvalue weighted by Gasteiger charge is -2.32. The van der Waals surface area contributed by atoms with Crippen molar-refractivity contribution in [2.24, 2.45) is 17.1 Å². The van der Waals surface area contributed by atoms with Gasteiger partial charge < -0.3 is 15.7 Å². The molecule has 0 radical (unpaired) electrons. The number of amides is 1. The van der Waals surface area contributed by atoms with Gasteiger partial charge in [0.05, 0.1) is 12.1 Å². The highest BCUT2D eigenvalue weighted by Gasteiger charge is 2.55. The molecule has 1 aliphatic carbocycles. The van der Waals surface area contributed by atoms with Crippen molar-refractivity contribution in [2.75, 3.05) is 32.8 Å². The fourth-order valence-electron chi connectivity index (χ4n) is 5.62. The molecule has 5 nitrogen and oxygen atoms in total. The number of aliphatic hydroxyl groups is 1. The second-order valence-electron chi connectivity index (χ2n) is 9.06. The molecule has 0 aromatic heterocycles. The number of carbonyl (C=O) groups excluding carboxylic acids is 1. The number of fused-ring (bicyclic) bond motifs is 1. The number of hydrogen-bond donors (Lipinski definition) is 2. The third-order valence-electron chi connectivity index (χ3n) is 7.25. The number of rotatable bonds is 5. The maximum absolute atomic E-state index is 13.0. The lowest BCUT2D eigenvalue weighted by atomic mass is 9.82. The molecule has 0 bridgehead atoms. The van der Waals surface area contributed by atoms with Crippen LogP contribution in [-0.4, -0.2) is 59.1 Å². The van der Waals surface area contributed by atoms with E-state index in [1.165, 1.54) is 11.1 Å². The molecule has 1 saturated carbocycles. The van der Waals surface area contributed by atoms with Crippen LogP contribution >= 0.6 is 24.8 Å². The first kappa shape index (κ1) is 24.4. The molecular weight excluding hydrogens is 409 g/mol. The second-order valence-corrected chi connectivity index (χ2v) is 9.06. The van der Waals surface area contributed by atoms with E-state index >= 15 is 0 Å². The molecule has 7 heteroatoms. The number of aliphatic hydroxyl groups excluding tert-OH is 1. The fraction of sp³-hybridized carbons (Fsp3) is 0.682. The van der Waals surface area contributed by atoms with Gasteiger partial charge in [0.1, 0.15) is 0 Å². The van der Waals surface area contributed by atoms with E-state index in [9.17, 15) is 9.90 Å². The molecule has 29 heavy (non-hydrogen) atoms. The Morgan fingerprint density at radius 1 is 1.14 bits per heavy atom. The van der Waals surface area contributed by atoms with Crippen molar-refractivity contribution >= 4 is 30.7 Å². The number of carbonyl (C=O) groups is 1. The van der Waals surface area contributed by atoms with Crippen molar-refractivity contribution in [1.29, 1.82) is 0 Å². The number of hydrogen-bond acceptors (Lipinski definition) is 4. The number of aryl methyl sites for hydroxylation is 1. The summed E-state index contributed by atoms with van der Waals surface area (Å²) in [6.07, 6.45) is 4.75. The molecule has 3 aliphatic rings. The zero-order valence-corrected chi connectivity index (χ0v) is 18.9.